The number of rotatable bonds is 5. The highest BCUT2D eigenvalue weighted by atomic mass is 35.5. The van der Waals surface area contributed by atoms with Crippen molar-refractivity contribution in [1.29, 1.82) is 0 Å². The number of nitrogens with one attached hydrogen (secondary N) is 1. The minimum Gasteiger partial charge on any atom is -0.477 e. The summed E-state index contributed by atoms with van der Waals surface area (Å²) in [5.74, 6) is -2.05. The van der Waals surface area contributed by atoms with Crippen molar-refractivity contribution in [2.45, 2.75) is 18.9 Å². The largest absolute Gasteiger partial charge is 0.477 e. The highest BCUT2D eigenvalue weighted by Gasteiger charge is 2.30. The lowest BCUT2D eigenvalue weighted by Gasteiger charge is -2.33. The summed E-state index contributed by atoms with van der Waals surface area (Å²) in [4.78, 5) is 58.1. The minimum atomic E-state index is -1.52. The fourth-order valence-corrected chi connectivity index (χ4v) is 5.52. The van der Waals surface area contributed by atoms with Crippen LogP contribution in [-0.2, 0) is 0 Å². The number of aromatic nitrogens is 4. The second-order valence-electron chi connectivity index (χ2n) is 9.66. The summed E-state index contributed by atoms with van der Waals surface area (Å²) in [6, 6.07) is 11.1. The van der Waals surface area contributed by atoms with Gasteiger partial charge in [0.1, 0.15) is 11.4 Å². The molecule has 0 spiro atoms. The number of carboxylic acids is 1. The first-order valence-corrected chi connectivity index (χ1v) is 12.9. The van der Waals surface area contributed by atoms with E-state index in [1.54, 1.807) is 27.7 Å². The van der Waals surface area contributed by atoms with Crippen molar-refractivity contribution in [2.75, 3.05) is 18.0 Å². The lowest BCUT2D eigenvalue weighted by Crippen LogP contribution is -2.37. The molecule has 208 valence electrons. The molecule has 1 saturated heterocycles. The molecule has 4 heterocycles. The molecule has 14 heteroatoms. The van der Waals surface area contributed by atoms with E-state index in [-0.39, 0.29) is 28.6 Å². The number of anilines is 1. The van der Waals surface area contributed by atoms with Gasteiger partial charge in [-0.2, -0.15) is 0 Å². The summed E-state index contributed by atoms with van der Waals surface area (Å²) in [6.07, 6.45) is 2.01. The molecule has 0 aliphatic carbocycles. The Balaban J connectivity index is 1.44. The molecule has 0 bridgehead atoms. The van der Waals surface area contributed by atoms with Gasteiger partial charge in [0.05, 0.1) is 21.3 Å². The lowest BCUT2D eigenvalue weighted by molar-refractivity contribution is -0.384. The number of hydrogen-bond acceptors (Lipinski definition) is 7. The Kier molecular flexibility index (Phi) is 6.30. The van der Waals surface area contributed by atoms with Crippen molar-refractivity contribution in [1.82, 2.24) is 19.1 Å². The Morgan fingerprint density at radius 3 is 2.49 bits per heavy atom. The Hall–Kier alpha value is -5.04. The number of carboxylic acid groups (broad SMARTS) is 1. The molecule has 0 unspecified atom stereocenters. The Bertz CT molecular complexity index is 1990. The molecule has 0 atom stereocenters. The molecule has 1 aliphatic rings. The predicted octanol–water partition coefficient (Wildman–Crippen LogP) is 4.27. The third kappa shape index (κ3) is 4.49. The van der Waals surface area contributed by atoms with Gasteiger partial charge in [-0.1, -0.05) is 11.6 Å². The van der Waals surface area contributed by atoms with E-state index in [2.05, 4.69) is 9.97 Å². The van der Waals surface area contributed by atoms with Crippen molar-refractivity contribution in [2.24, 2.45) is 0 Å². The summed E-state index contributed by atoms with van der Waals surface area (Å²) in [7, 11) is 0. The van der Waals surface area contributed by atoms with Gasteiger partial charge in [-0.25, -0.2) is 19.0 Å². The standard InChI is InChI=1S/C27H20ClFN6O6/c28-14-1-6-21-20(11-14)30-27(39)34(21)17-7-9-32(10-8-17)25-22(35(40)41)12-18-23(36)19(26(37)38)13-33(24(18)31-25)16-4-2-15(29)3-5-16/h1-6,11-13,17H,7-10H2,(H,30,39)(H,37,38). The maximum Gasteiger partial charge on any atom is 0.341 e. The maximum absolute atomic E-state index is 13.6. The molecule has 41 heavy (non-hydrogen) atoms. The zero-order chi connectivity index (χ0) is 29.0. The average molecular weight is 579 g/mol. The Labute approximate surface area is 234 Å². The van der Waals surface area contributed by atoms with Crippen LogP contribution in [0.1, 0.15) is 29.2 Å². The van der Waals surface area contributed by atoms with E-state index in [0.29, 0.717) is 47.7 Å². The third-order valence-corrected chi connectivity index (χ3v) is 7.51. The van der Waals surface area contributed by atoms with Crippen LogP contribution in [0.3, 0.4) is 0 Å². The zero-order valence-corrected chi connectivity index (χ0v) is 21.8. The minimum absolute atomic E-state index is 0.00246. The molecular weight excluding hydrogens is 559 g/mol. The molecule has 0 amide bonds. The van der Waals surface area contributed by atoms with E-state index in [1.165, 1.54) is 16.7 Å². The summed E-state index contributed by atoms with van der Waals surface area (Å²) >= 11 is 6.06. The molecule has 2 N–H and O–H groups in total. The van der Waals surface area contributed by atoms with Gasteiger partial charge in [0, 0.05) is 42.1 Å². The first kappa shape index (κ1) is 26.2. The number of benzene rings is 2. The molecule has 1 fully saturated rings. The van der Waals surface area contributed by atoms with E-state index in [4.69, 9.17) is 11.6 Å². The number of halogens is 2. The first-order valence-electron chi connectivity index (χ1n) is 12.5. The van der Waals surface area contributed by atoms with Gasteiger partial charge >= 0.3 is 17.3 Å². The summed E-state index contributed by atoms with van der Waals surface area (Å²) in [5.41, 5.74) is -0.681. The van der Waals surface area contributed by atoms with Crippen molar-refractivity contribution in [3.8, 4) is 5.69 Å². The number of hydrogen-bond donors (Lipinski definition) is 2. The van der Waals surface area contributed by atoms with Gasteiger partial charge in [0.15, 0.2) is 5.65 Å². The number of pyridine rings is 2. The Morgan fingerprint density at radius 2 is 1.83 bits per heavy atom. The molecule has 12 nitrogen and oxygen atoms in total. The highest BCUT2D eigenvalue weighted by Crippen LogP contribution is 2.34. The highest BCUT2D eigenvalue weighted by molar-refractivity contribution is 6.31. The smallest absolute Gasteiger partial charge is 0.341 e. The van der Waals surface area contributed by atoms with Crippen molar-refractivity contribution in [3.05, 3.63) is 102 Å². The van der Waals surface area contributed by atoms with Gasteiger partial charge in [0.25, 0.3) is 0 Å². The van der Waals surface area contributed by atoms with Gasteiger partial charge in [-0.05, 0) is 55.3 Å². The van der Waals surface area contributed by atoms with E-state index >= 15 is 0 Å². The normalized spacial score (nSPS) is 14.1. The van der Waals surface area contributed by atoms with E-state index in [1.807, 2.05) is 0 Å². The molecule has 0 radical (unpaired) electrons. The summed E-state index contributed by atoms with van der Waals surface area (Å²) in [6.45, 7) is 0.620. The molecule has 6 rings (SSSR count). The number of imidazole rings is 1. The fraction of sp³-hybridized carbons (Fsp3) is 0.185. The van der Waals surface area contributed by atoms with Crippen LogP contribution in [-0.4, -0.2) is 48.2 Å². The number of piperidine rings is 1. The Morgan fingerprint density at radius 1 is 1.12 bits per heavy atom. The first-order chi connectivity index (χ1) is 19.6. The van der Waals surface area contributed by atoms with Gasteiger partial charge in [-0.3, -0.25) is 19.5 Å². The van der Waals surface area contributed by atoms with E-state index in [9.17, 15) is 34.0 Å². The van der Waals surface area contributed by atoms with Crippen LogP contribution in [0.4, 0.5) is 15.9 Å². The number of H-pyrrole nitrogens is 1. The van der Waals surface area contributed by atoms with Crippen LogP contribution in [0.15, 0.2) is 64.3 Å². The molecular formula is C27H20ClFN6O6. The van der Waals surface area contributed by atoms with Crippen molar-refractivity contribution < 1.29 is 19.2 Å². The van der Waals surface area contributed by atoms with Gasteiger partial charge in [0.2, 0.25) is 11.2 Å². The molecule has 3 aromatic heterocycles. The van der Waals surface area contributed by atoms with Gasteiger partial charge < -0.3 is 19.6 Å². The van der Waals surface area contributed by atoms with Crippen LogP contribution in [0.5, 0.6) is 0 Å². The molecule has 1 aliphatic heterocycles. The second-order valence-corrected chi connectivity index (χ2v) is 10.1. The van der Waals surface area contributed by atoms with Crippen LogP contribution in [0, 0.1) is 15.9 Å². The van der Waals surface area contributed by atoms with E-state index in [0.717, 1.165) is 24.4 Å². The molecule has 5 aromatic rings. The second kappa shape index (κ2) is 9.86. The van der Waals surface area contributed by atoms with Crippen LogP contribution in [0.25, 0.3) is 27.8 Å². The maximum atomic E-state index is 13.6. The topological polar surface area (TPSA) is 156 Å². The van der Waals surface area contributed by atoms with Crippen molar-refractivity contribution in [3.63, 3.8) is 0 Å². The third-order valence-electron chi connectivity index (χ3n) is 7.28. The fourth-order valence-electron chi connectivity index (χ4n) is 5.35. The monoisotopic (exact) mass is 578 g/mol. The van der Waals surface area contributed by atoms with Crippen LogP contribution >= 0.6 is 11.6 Å². The number of aromatic amines is 1. The molecule has 2 aromatic carbocycles. The SMILES string of the molecule is O=C(O)c1cn(-c2ccc(F)cc2)c2nc(N3CCC(n4c(=O)[nH]c5cc(Cl)ccc54)CC3)c([N+](=O)[O-])cc2c1=O. The van der Waals surface area contributed by atoms with Gasteiger partial charge in [-0.15, -0.1) is 0 Å². The van der Waals surface area contributed by atoms with Crippen LogP contribution in [0.2, 0.25) is 5.02 Å². The number of fused-ring (bicyclic) bond motifs is 2. The van der Waals surface area contributed by atoms with Crippen molar-refractivity contribution >= 4 is 51.1 Å². The summed E-state index contributed by atoms with van der Waals surface area (Å²) in [5, 5.41) is 22.0. The summed E-state index contributed by atoms with van der Waals surface area (Å²) < 4.78 is 16.6. The number of carbonyl (C=O) groups is 1. The van der Waals surface area contributed by atoms with Crippen LogP contribution < -0.4 is 16.0 Å². The zero-order valence-electron chi connectivity index (χ0n) is 21.1. The quantitative estimate of drug-likeness (QED) is 0.231. The van der Waals surface area contributed by atoms with E-state index < -0.39 is 33.4 Å². The predicted molar refractivity (Wildman–Crippen MR) is 149 cm³/mol. The lowest BCUT2D eigenvalue weighted by atomic mass is 10.0. The number of nitrogens with zero attached hydrogens (tertiary/aromatic N) is 5. The number of nitro groups is 1. The average Bonchev–Trinajstić information content (AvgIpc) is 3.27. The molecule has 0 saturated carbocycles. The number of aromatic carboxylic acids is 1.